The van der Waals surface area contributed by atoms with Crippen LogP contribution in [0.5, 0.6) is 0 Å². The lowest BCUT2D eigenvalue weighted by atomic mass is 9.97. The van der Waals surface area contributed by atoms with Gasteiger partial charge in [-0.2, -0.15) is 0 Å². The quantitative estimate of drug-likeness (QED) is 0.187. The van der Waals surface area contributed by atoms with E-state index in [2.05, 4.69) is 145 Å². The van der Waals surface area contributed by atoms with Gasteiger partial charge in [0.15, 0.2) is 0 Å². The average molecular weight is 676 g/mol. The van der Waals surface area contributed by atoms with Gasteiger partial charge in [0.1, 0.15) is 0 Å². The summed E-state index contributed by atoms with van der Waals surface area (Å²) in [5, 5.41) is 7.53. The molecule has 1 aliphatic carbocycles. The molecule has 4 heterocycles. The zero-order valence-electron chi connectivity index (χ0n) is 27.3. The van der Waals surface area contributed by atoms with Crippen molar-refractivity contribution in [3.05, 3.63) is 143 Å². The van der Waals surface area contributed by atoms with Crippen LogP contribution in [0.2, 0.25) is 0 Å². The van der Waals surface area contributed by atoms with Gasteiger partial charge >= 0.3 is 0 Å². The van der Waals surface area contributed by atoms with E-state index < -0.39 is 0 Å². The molecule has 236 valence electrons. The zero-order valence-corrected chi connectivity index (χ0v) is 28.9. The first kappa shape index (κ1) is 28.2. The third-order valence-corrected chi connectivity index (χ3v) is 12.8. The summed E-state index contributed by atoms with van der Waals surface area (Å²) in [4.78, 5) is 12.0. The molecule has 0 atom stereocenters. The van der Waals surface area contributed by atoms with Crippen LogP contribution >= 0.6 is 22.7 Å². The second-order valence-corrected chi connectivity index (χ2v) is 15.4. The molecule has 10 aromatic rings. The van der Waals surface area contributed by atoms with Gasteiger partial charge in [-0.3, -0.25) is 4.57 Å². The Labute approximate surface area is 296 Å². The van der Waals surface area contributed by atoms with Crippen LogP contribution in [0.1, 0.15) is 22.4 Å². The number of allylic oxidation sites excluding steroid dienone is 1. The smallest absolute Gasteiger partial charge is 0.235 e. The summed E-state index contributed by atoms with van der Waals surface area (Å²) in [5.41, 5.74) is 10.5. The summed E-state index contributed by atoms with van der Waals surface area (Å²) in [6, 6.07) is 44.2. The first-order chi connectivity index (χ1) is 24.7. The summed E-state index contributed by atoms with van der Waals surface area (Å²) < 4.78 is 6.27. The minimum Gasteiger partial charge on any atom is -0.278 e. The predicted octanol–water partition coefficient (Wildman–Crippen LogP) is 12.9. The van der Waals surface area contributed by atoms with Crippen molar-refractivity contribution in [3.63, 3.8) is 0 Å². The molecule has 3 nitrogen and oxygen atoms in total. The molecule has 11 rings (SSSR count). The Morgan fingerprint density at radius 2 is 1.42 bits per heavy atom. The van der Waals surface area contributed by atoms with Crippen LogP contribution < -0.4 is 0 Å². The van der Waals surface area contributed by atoms with Gasteiger partial charge in [-0.1, -0.05) is 103 Å². The first-order valence-corrected chi connectivity index (χ1v) is 18.8. The number of aromatic nitrogens is 3. The first-order valence-electron chi connectivity index (χ1n) is 17.1. The van der Waals surface area contributed by atoms with Gasteiger partial charge in [-0.25, -0.2) is 9.97 Å². The van der Waals surface area contributed by atoms with E-state index in [1.54, 1.807) is 0 Å². The second-order valence-electron chi connectivity index (χ2n) is 13.3. The van der Waals surface area contributed by atoms with Gasteiger partial charge in [0.2, 0.25) is 5.95 Å². The van der Waals surface area contributed by atoms with E-state index in [1.165, 1.54) is 68.2 Å². The summed E-state index contributed by atoms with van der Waals surface area (Å²) in [6.07, 6.45) is 6.86. The monoisotopic (exact) mass is 675 g/mol. The Morgan fingerprint density at radius 3 is 2.34 bits per heavy atom. The minimum atomic E-state index is 0.687. The summed E-state index contributed by atoms with van der Waals surface area (Å²) >= 11 is 3.81. The molecule has 0 aliphatic heterocycles. The molecule has 0 saturated carbocycles. The fourth-order valence-corrected chi connectivity index (χ4v) is 10.6. The van der Waals surface area contributed by atoms with E-state index in [0.29, 0.717) is 5.95 Å². The maximum absolute atomic E-state index is 5.38. The molecule has 6 aromatic carbocycles. The summed E-state index contributed by atoms with van der Waals surface area (Å²) in [6.45, 7) is 2.12. The molecule has 1 aliphatic rings. The van der Waals surface area contributed by atoms with Crippen LogP contribution in [0.4, 0.5) is 0 Å². The topological polar surface area (TPSA) is 30.7 Å². The van der Waals surface area contributed by atoms with Gasteiger partial charge in [0.25, 0.3) is 0 Å². The fraction of sp³-hybridized carbons (Fsp3) is 0.0667. The largest absolute Gasteiger partial charge is 0.278 e. The van der Waals surface area contributed by atoms with Crippen LogP contribution in [0.25, 0.3) is 97.4 Å². The molecule has 50 heavy (non-hydrogen) atoms. The van der Waals surface area contributed by atoms with Crippen LogP contribution in [0.3, 0.4) is 0 Å². The second kappa shape index (κ2) is 10.7. The number of benzene rings is 6. The highest BCUT2D eigenvalue weighted by molar-refractivity contribution is 7.26. The maximum Gasteiger partial charge on any atom is 0.235 e. The van der Waals surface area contributed by atoms with E-state index in [-0.39, 0.29) is 0 Å². The number of thiophene rings is 2. The Morgan fingerprint density at radius 1 is 0.620 bits per heavy atom. The molecule has 4 aromatic heterocycles. The summed E-state index contributed by atoms with van der Waals surface area (Å²) in [7, 11) is 0. The van der Waals surface area contributed by atoms with Crippen molar-refractivity contribution in [3.8, 4) is 28.3 Å². The number of aryl methyl sites for hydroxylation is 2. The van der Waals surface area contributed by atoms with E-state index >= 15 is 0 Å². The number of nitrogens with zero attached hydrogens (tertiary/aromatic N) is 3. The molecule has 0 N–H and O–H groups in total. The van der Waals surface area contributed by atoms with Crippen molar-refractivity contribution in [1.29, 1.82) is 0 Å². The highest BCUT2D eigenvalue weighted by atomic mass is 32.1. The molecule has 0 radical (unpaired) electrons. The van der Waals surface area contributed by atoms with Gasteiger partial charge < -0.3 is 0 Å². The van der Waals surface area contributed by atoms with E-state index in [4.69, 9.17) is 9.97 Å². The summed E-state index contributed by atoms with van der Waals surface area (Å²) in [5.74, 6) is 0.687. The fourth-order valence-electron chi connectivity index (χ4n) is 7.99. The number of rotatable bonds is 3. The third-order valence-electron chi connectivity index (χ3n) is 10.4. The average Bonchev–Trinajstić information content (AvgIpc) is 3.84. The van der Waals surface area contributed by atoms with Gasteiger partial charge in [0, 0.05) is 51.5 Å². The van der Waals surface area contributed by atoms with Crippen LogP contribution in [-0.2, 0) is 6.42 Å². The Kier molecular flexibility index (Phi) is 6.04. The highest BCUT2D eigenvalue weighted by Crippen LogP contribution is 2.46. The lowest BCUT2D eigenvalue weighted by Crippen LogP contribution is -2.03. The third kappa shape index (κ3) is 4.08. The van der Waals surface area contributed by atoms with Gasteiger partial charge in [0.05, 0.1) is 22.2 Å². The molecular weight excluding hydrogens is 647 g/mol. The predicted molar refractivity (Wildman–Crippen MR) is 215 cm³/mol. The van der Waals surface area contributed by atoms with E-state index in [1.807, 2.05) is 22.7 Å². The molecular formula is C45H29N3S2. The van der Waals surface area contributed by atoms with Crippen molar-refractivity contribution in [2.24, 2.45) is 0 Å². The number of fused-ring (bicyclic) bond motifs is 11. The molecule has 5 heteroatoms. The van der Waals surface area contributed by atoms with Crippen LogP contribution in [0, 0.1) is 6.92 Å². The standard InChI is InChI=1S/C45H29N3S2/c1-26-17-19-27(20-18-26)42-34-11-2-5-14-36(34)46-45(47-42)48-37-23-21-28(29-12-8-13-32-30-9-3-6-15-39(30)49-43(29)32)25-35(37)41-38(48)24-22-33-31-10-4-7-16-40(31)50-44(33)41/h2,4-8,10-25H,3,9H2,1H3. The SMILES string of the molecule is Cc1ccc(-c2nc(-n3c4ccc(-c5cccc6c7c(sc56)C=CCC7)cc4c4c5sc6ccccc6c5ccc43)nc3ccccc23)cc1. The van der Waals surface area contributed by atoms with Gasteiger partial charge in [-0.05, 0) is 78.2 Å². The molecule has 0 spiro atoms. The molecule has 0 fully saturated rings. The Balaban J connectivity index is 1.24. The molecule has 0 amide bonds. The number of para-hydroxylation sites is 1. The van der Waals surface area contributed by atoms with E-state index in [0.717, 1.165) is 46.0 Å². The minimum absolute atomic E-state index is 0.687. The number of hydrogen-bond donors (Lipinski definition) is 0. The highest BCUT2D eigenvalue weighted by Gasteiger charge is 2.22. The van der Waals surface area contributed by atoms with Crippen LogP contribution in [-0.4, -0.2) is 14.5 Å². The molecule has 0 unspecified atom stereocenters. The van der Waals surface area contributed by atoms with Crippen molar-refractivity contribution in [1.82, 2.24) is 14.5 Å². The Hall–Kier alpha value is -5.62. The zero-order chi connectivity index (χ0) is 32.9. The van der Waals surface area contributed by atoms with Crippen LogP contribution in [0.15, 0.2) is 127 Å². The maximum atomic E-state index is 5.38. The van der Waals surface area contributed by atoms with E-state index in [9.17, 15) is 0 Å². The van der Waals surface area contributed by atoms with Gasteiger partial charge in [-0.15, -0.1) is 22.7 Å². The van der Waals surface area contributed by atoms with Crippen molar-refractivity contribution < 1.29 is 0 Å². The normalized spacial score (nSPS) is 13.1. The lowest BCUT2D eigenvalue weighted by Gasteiger charge is -2.12. The molecule has 0 bridgehead atoms. The van der Waals surface area contributed by atoms with Crippen molar-refractivity contribution >= 4 is 91.7 Å². The van der Waals surface area contributed by atoms with Crippen molar-refractivity contribution in [2.75, 3.05) is 0 Å². The lowest BCUT2D eigenvalue weighted by molar-refractivity contribution is 1.01. The number of hydrogen-bond acceptors (Lipinski definition) is 4. The Bertz CT molecular complexity index is 3050. The molecule has 0 saturated heterocycles. The van der Waals surface area contributed by atoms with Crippen molar-refractivity contribution in [2.45, 2.75) is 19.8 Å².